The van der Waals surface area contributed by atoms with Crippen LogP contribution in [-0.2, 0) is 7.05 Å². The summed E-state index contributed by atoms with van der Waals surface area (Å²) in [6, 6.07) is 25.4. The van der Waals surface area contributed by atoms with Crippen LogP contribution in [0.1, 0.15) is 17.2 Å². The van der Waals surface area contributed by atoms with Gasteiger partial charge in [0.15, 0.2) is 11.3 Å². The summed E-state index contributed by atoms with van der Waals surface area (Å²) in [6.07, 6.45) is 0. The van der Waals surface area contributed by atoms with Crippen LogP contribution in [0.5, 0.6) is 5.75 Å². The lowest BCUT2D eigenvalue weighted by atomic mass is 9.97. The quantitative estimate of drug-likeness (QED) is 0.285. The zero-order chi connectivity index (χ0) is 24.5. The Morgan fingerprint density at radius 2 is 1.69 bits per heavy atom. The lowest BCUT2D eigenvalue weighted by molar-refractivity contribution is 0.401. The lowest BCUT2D eigenvalue weighted by Gasteiger charge is -2.31. The summed E-state index contributed by atoms with van der Waals surface area (Å²) in [6.45, 7) is 0. The van der Waals surface area contributed by atoms with Crippen molar-refractivity contribution < 1.29 is 9.15 Å². The van der Waals surface area contributed by atoms with E-state index >= 15 is 0 Å². The summed E-state index contributed by atoms with van der Waals surface area (Å²) in [5.74, 6) is 0.755. The largest absolute Gasteiger partial charge is 0.489 e. The first kappa shape index (κ1) is 22.9. The molecule has 1 unspecified atom stereocenters. The molecule has 2 aromatic heterocycles. The van der Waals surface area contributed by atoms with Crippen molar-refractivity contribution in [2.75, 3.05) is 19.1 Å². The van der Waals surface area contributed by atoms with E-state index in [9.17, 15) is 4.79 Å². The van der Waals surface area contributed by atoms with Gasteiger partial charge in [0.25, 0.3) is 11.4 Å². The fourth-order valence-electron chi connectivity index (χ4n) is 4.26. The standard InChI is InChI=1S/C27H23BrN4O3/c1-31(23(17-10-5-4-6-11-17)18-12-9-13-19(28)16-18)27-30-22(24(34-3)26(33)32(27)2)25-29-20-14-7-8-15-21(20)35-25/h4-16,23H,1-3H3. The maximum atomic E-state index is 13.4. The summed E-state index contributed by atoms with van der Waals surface area (Å²) in [4.78, 5) is 24.8. The predicted molar refractivity (Wildman–Crippen MR) is 140 cm³/mol. The molecule has 35 heavy (non-hydrogen) atoms. The maximum Gasteiger partial charge on any atom is 0.297 e. The number of ether oxygens (including phenoxy) is 1. The van der Waals surface area contributed by atoms with Gasteiger partial charge in [0.1, 0.15) is 5.52 Å². The van der Waals surface area contributed by atoms with E-state index in [1.807, 2.05) is 66.5 Å². The summed E-state index contributed by atoms with van der Waals surface area (Å²) in [5, 5.41) is 0. The molecule has 5 aromatic rings. The Hall–Kier alpha value is -3.91. The molecule has 1 atom stereocenters. The average Bonchev–Trinajstić information content (AvgIpc) is 3.30. The second-order valence-corrected chi connectivity index (χ2v) is 9.04. The molecule has 2 heterocycles. The molecule has 0 N–H and O–H groups in total. The van der Waals surface area contributed by atoms with E-state index in [0.717, 1.165) is 15.6 Å². The molecule has 0 spiro atoms. The van der Waals surface area contributed by atoms with E-state index in [-0.39, 0.29) is 28.9 Å². The number of anilines is 1. The van der Waals surface area contributed by atoms with Crippen LogP contribution in [0.25, 0.3) is 22.7 Å². The van der Waals surface area contributed by atoms with E-state index in [1.165, 1.54) is 11.7 Å². The van der Waals surface area contributed by atoms with Crippen LogP contribution < -0.4 is 15.2 Å². The molecular formula is C27H23BrN4O3. The molecule has 0 fully saturated rings. The Balaban J connectivity index is 1.71. The van der Waals surface area contributed by atoms with Crippen molar-refractivity contribution in [3.05, 3.63) is 105 Å². The second kappa shape index (κ2) is 9.38. The van der Waals surface area contributed by atoms with E-state index in [0.29, 0.717) is 17.0 Å². The van der Waals surface area contributed by atoms with Crippen LogP contribution in [0, 0.1) is 0 Å². The highest BCUT2D eigenvalue weighted by atomic mass is 79.9. The highest BCUT2D eigenvalue weighted by molar-refractivity contribution is 9.10. The first-order chi connectivity index (χ1) is 17.0. The molecule has 0 aliphatic carbocycles. The van der Waals surface area contributed by atoms with Crippen LogP contribution in [0.15, 0.2) is 92.5 Å². The van der Waals surface area contributed by atoms with Crippen LogP contribution in [0.4, 0.5) is 5.95 Å². The molecule has 176 valence electrons. The van der Waals surface area contributed by atoms with Gasteiger partial charge >= 0.3 is 0 Å². The Bertz CT molecular complexity index is 1530. The van der Waals surface area contributed by atoms with Gasteiger partial charge in [-0.15, -0.1) is 0 Å². The molecule has 8 heteroatoms. The van der Waals surface area contributed by atoms with Crippen molar-refractivity contribution in [2.45, 2.75) is 6.04 Å². The minimum atomic E-state index is -0.331. The molecule has 0 saturated heterocycles. The van der Waals surface area contributed by atoms with E-state index in [4.69, 9.17) is 14.1 Å². The number of methoxy groups -OCH3 is 1. The number of halogens is 1. The molecule has 0 bridgehead atoms. The van der Waals surface area contributed by atoms with Gasteiger partial charge in [0.05, 0.1) is 13.2 Å². The van der Waals surface area contributed by atoms with Crippen molar-refractivity contribution in [1.82, 2.24) is 14.5 Å². The maximum absolute atomic E-state index is 13.4. The topological polar surface area (TPSA) is 73.4 Å². The zero-order valence-corrected chi connectivity index (χ0v) is 21.1. The molecule has 5 rings (SSSR count). The second-order valence-electron chi connectivity index (χ2n) is 8.12. The normalized spacial score (nSPS) is 12.0. The zero-order valence-electron chi connectivity index (χ0n) is 19.5. The monoisotopic (exact) mass is 530 g/mol. The molecule has 0 aliphatic heterocycles. The highest BCUT2D eigenvalue weighted by Gasteiger charge is 2.27. The fraction of sp³-hybridized carbons (Fsp3) is 0.148. The van der Waals surface area contributed by atoms with Crippen LogP contribution >= 0.6 is 15.9 Å². The van der Waals surface area contributed by atoms with Crippen molar-refractivity contribution in [3.63, 3.8) is 0 Å². The molecule has 0 aliphatic rings. The van der Waals surface area contributed by atoms with Crippen molar-refractivity contribution in [3.8, 4) is 17.3 Å². The van der Waals surface area contributed by atoms with Gasteiger partial charge in [-0.2, -0.15) is 0 Å². The third kappa shape index (κ3) is 4.21. The Labute approximate surface area is 210 Å². The molecular weight excluding hydrogens is 508 g/mol. The molecule has 0 amide bonds. The number of rotatable bonds is 6. The van der Waals surface area contributed by atoms with Crippen LogP contribution in [-0.4, -0.2) is 28.7 Å². The smallest absolute Gasteiger partial charge is 0.297 e. The van der Waals surface area contributed by atoms with Crippen molar-refractivity contribution in [1.29, 1.82) is 0 Å². The first-order valence-corrected chi connectivity index (χ1v) is 11.8. The van der Waals surface area contributed by atoms with Crippen LogP contribution in [0.2, 0.25) is 0 Å². The van der Waals surface area contributed by atoms with Gasteiger partial charge in [-0.05, 0) is 35.4 Å². The third-order valence-corrected chi connectivity index (χ3v) is 6.40. The fourth-order valence-corrected chi connectivity index (χ4v) is 4.67. The van der Waals surface area contributed by atoms with Crippen molar-refractivity contribution in [2.24, 2.45) is 7.05 Å². The van der Waals surface area contributed by atoms with Crippen molar-refractivity contribution >= 4 is 33.0 Å². The predicted octanol–water partition coefficient (Wildman–Crippen LogP) is 5.59. The highest BCUT2D eigenvalue weighted by Crippen LogP contribution is 2.34. The van der Waals surface area contributed by atoms with Gasteiger partial charge in [-0.1, -0.05) is 70.5 Å². The summed E-state index contributed by atoms with van der Waals surface area (Å²) < 4.78 is 13.9. The number of aromatic nitrogens is 3. The number of hydrogen-bond donors (Lipinski definition) is 0. The number of benzene rings is 3. The summed E-state index contributed by atoms with van der Waals surface area (Å²) >= 11 is 3.59. The number of oxazole rings is 1. The Morgan fingerprint density at radius 3 is 2.40 bits per heavy atom. The molecule has 3 aromatic carbocycles. The third-order valence-electron chi connectivity index (χ3n) is 5.91. The summed E-state index contributed by atoms with van der Waals surface area (Å²) in [7, 11) is 5.05. The minimum Gasteiger partial charge on any atom is -0.489 e. The molecule has 7 nitrogen and oxygen atoms in total. The molecule has 0 radical (unpaired) electrons. The van der Waals surface area contributed by atoms with Gasteiger partial charge < -0.3 is 14.1 Å². The lowest BCUT2D eigenvalue weighted by Crippen LogP contribution is -2.33. The summed E-state index contributed by atoms with van der Waals surface area (Å²) in [5.41, 5.74) is 3.32. The van der Waals surface area contributed by atoms with Gasteiger partial charge in [0, 0.05) is 18.6 Å². The Morgan fingerprint density at radius 1 is 0.971 bits per heavy atom. The van der Waals surface area contributed by atoms with Gasteiger partial charge in [-0.3, -0.25) is 9.36 Å². The number of nitrogens with zero attached hydrogens (tertiary/aromatic N) is 4. The number of fused-ring (bicyclic) bond motifs is 1. The molecule has 0 saturated carbocycles. The van der Waals surface area contributed by atoms with Gasteiger partial charge in [-0.25, -0.2) is 9.97 Å². The first-order valence-electron chi connectivity index (χ1n) is 11.0. The van der Waals surface area contributed by atoms with E-state index < -0.39 is 0 Å². The average molecular weight is 531 g/mol. The number of hydrogen-bond acceptors (Lipinski definition) is 6. The minimum absolute atomic E-state index is 0.0786. The Kier molecular flexibility index (Phi) is 6.13. The SMILES string of the molecule is COc1c(-c2nc3ccccc3o2)nc(N(C)C(c2ccccc2)c2cccc(Br)c2)n(C)c1=O. The van der Waals surface area contributed by atoms with Gasteiger partial charge in [0.2, 0.25) is 11.7 Å². The van der Waals surface area contributed by atoms with Crippen LogP contribution in [0.3, 0.4) is 0 Å². The van der Waals surface area contributed by atoms with E-state index in [1.54, 1.807) is 7.05 Å². The number of para-hydroxylation sites is 2. The van der Waals surface area contributed by atoms with E-state index in [2.05, 4.69) is 45.2 Å².